The SMILES string of the molecule is O=C1NCc2c(C3=C(F)C(F)=CC=C(O)C3)cccc2N1c1c(Cl)cccc1Cl. The molecule has 0 bridgehead atoms. The molecule has 2 aliphatic rings. The van der Waals surface area contributed by atoms with Crippen molar-refractivity contribution in [2.75, 3.05) is 4.90 Å². The third-order valence-corrected chi connectivity index (χ3v) is 5.36. The van der Waals surface area contributed by atoms with Gasteiger partial charge in [0.2, 0.25) is 0 Å². The van der Waals surface area contributed by atoms with Gasteiger partial charge in [-0.05, 0) is 35.9 Å². The average Bonchev–Trinajstić information content (AvgIpc) is 2.82. The molecule has 2 N–H and O–H groups in total. The van der Waals surface area contributed by atoms with E-state index in [1.54, 1.807) is 36.4 Å². The zero-order valence-corrected chi connectivity index (χ0v) is 16.4. The number of amides is 2. The molecule has 0 spiro atoms. The van der Waals surface area contributed by atoms with Crippen LogP contribution in [0.2, 0.25) is 10.0 Å². The topological polar surface area (TPSA) is 52.6 Å². The summed E-state index contributed by atoms with van der Waals surface area (Å²) in [5, 5.41) is 13.2. The van der Waals surface area contributed by atoms with Gasteiger partial charge in [-0.2, -0.15) is 0 Å². The largest absolute Gasteiger partial charge is 0.512 e. The highest BCUT2D eigenvalue weighted by Crippen LogP contribution is 2.44. The van der Waals surface area contributed by atoms with E-state index in [0.29, 0.717) is 16.8 Å². The average molecular weight is 435 g/mol. The number of rotatable bonds is 2. The summed E-state index contributed by atoms with van der Waals surface area (Å²) in [6.07, 6.45) is 1.81. The Bertz CT molecular complexity index is 1110. The number of carbonyl (C=O) groups is 1. The first-order valence-corrected chi connectivity index (χ1v) is 9.42. The molecule has 1 aliphatic carbocycles. The first-order chi connectivity index (χ1) is 13.9. The van der Waals surface area contributed by atoms with Crippen LogP contribution >= 0.6 is 23.2 Å². The van der Waals surface area contributed by atoms with Crippen LogP contribution in [-0.4, -0.2) is 11.1 Å². The summed E-state index contributed by atoms with van der Waals surface area (Å²) in [7, 11) is 0. The third kappa shape index (κ3) is 3.39. The third-order valence-electron chi connectivity index (χ3n) is 4.75. The van der Waals surface area contributed by atoms with Crippen LogP contribution in [0.4, 0.5) is 25.0 Å². The number of allylic oxidation sites excluding steroid dienone is 5. The van der Waals surface area contributed by atoms with Crippen molar-refractivity contribution in [3.63, 3.8) is 0 Å². The van der Waals surface area contributed by atoms with Crippen molar-refractivity contribution in [3.8, 4) is 0 Å². The van der Waals surface area contributed by atoms with E-state index in [9.17, 15) is 18.7 Å². The summed E-state index contributed by atoms with van der Waals surface area (Å²) in [4.78, 5) is 14.0. The zero-order valence-electron chi connectivity index (χ0n) is 14.8. The Kier molecular flexibility index (Phi) is 5.06. The minimum Gasteiger partial charge on any atom is -0.512 e. The number of fused-ring (bicyclic) bond motifs is 1. The summed E-state index contributed by atoms with van der Waals surface area (Å²) in [6.45, 7) is 0.0928. The number of nitrogens with one attached hydrogen (secondary N) is 1. The van der Waals surface area contributed by atoms with Gasteiger partial charge in [0.05, 0.1) is 27.2 Å². The maximum atomic E-state index is 14.7. The Morgan fingerprint density at radius 2 is 1.72 bits per heavy atom. The van der Waals surface area contributed by atoms with Crippen molar-refractivity contribution in [1.82, 2.24) is 5.32 Å². The molecule has 0 radical (unpaired) electrons. The van der Waals surface area contributed by atoms with Crippen LogP contribution in [0.15, 0.2) is 66.0 Å². The molecule has 2 amide bonds. The summed E-state index contributed by atoms with van der Waals surface area (Å²) >= 11 is 12.6. The number of anilines is 2. The van der Waals surface area contributed by atoms with E-state index in [2.05, 4.69) is 5.32 Å². The predicted molar refractivity (Wildman–Crippen MR) is 110 cm³/mol. The number of para-hydroxylation sites is 1. The van der Waals surface area contributed by atoms with Gasteiger partial charge in [0.25, 0.3) is 0 Å². The predicted octanol–water partition coefficient (Wildman–Crippen LogP) is 6.73. The lowest BCUT2D eigenvalue weighted by atomic mass is 9.93. The van der Waals surface area contributed by atoms with Crippen LogP contribution < -0.4 is 10.2 Å². The summed E-state index contributed by atoms with van der Waals surface area (Å²) < 4.78 is 28.7. The Labute approximate surface area is 175 Å². The number of hydrogen-bond donors (Lipinski definition) is 2. The second-order valence-electron chi connectivity index (χ2n) is 6.51. The lowest BCUT2D eigenvalue weighted by Crippen LogP contribution is -2.41. The number of hydrogen-bond acceptors (Lipinski definition) is 2. The maximum absolute atomic E-state index is 14.7. The highest BCUT2D eigenvalue weighted by atomic mass is 35.5. The Balaban J connectivity index is 1.93. The molecule has 0 saturated carbocycles. The maximum Gasteiger partial charge on any atom is 0.326 e. The minimum absolute atomic E-state index is 0.0109. The highest BCUT2D eigenvalue weighted by molar-refractivity contribution is 6.40. The Morgan fingerprint density at radius 1 is 1.03 bits per heavy atom. The van der Waals surface area contributed by atoms with Gasteiger partial charge in [0.15, 0.2) is 11.7 Å². The number of aliphatic hydroxyl groups is 1. The number of nitrogens with zero attached hydrogens (tertiary/aromatic N) is 1. The molecule has 4 nitrogen and oxygen atoms in total. The van der Waals surface area contributed by atoms with Gasteiger partial charge in [0, 0.05) is 24.1 Å². The summed E-state index contributed by atoms with van der Waals surface area (Å²) in [5.74, 6) is -2.31. The first-order valence-electron chi connectivity index (χ1n) is 8.67. The van der Waals surface area contributed by atoms with Gasteiger partial charge in [0.1, 0.15) is 0 Å². The fourth-order valence-corrected chi connectivity index (χ4v) is 4.01. The van der Waals surface area contributed by atoms with E-state index < -0.39 is 17.7 Å². The van der Waals surface area contributed by atoms with Crippen LogP contribution in [0, 0.1) is 0 Å². The zero-order chi connectivity index (χ0) is 20.7. The van der Waals surface area contributed by atoms with Gasteiger partial charge in [-0.1, -0.05) is 41.4 Å². The number of urea groups is 1. The molecule has 4 rings (SSSR count). The Morgan fingerprint density at radius 3 is 2.45 bits per heavy atom. The van der Waals surface area contributed by atoms with Gasteiger partial charge >= 0.3 is 6.03 Å². The summed E-state index contributed by atoms with van der Waals surface area (Å²) in [6, 6.07) is 9.32. The minimum atomic E-state index is -1.08. The van der Waals surface area contributed by atoms with E-state index in [-0.39, 0.29) is 40.0 Å². The van der Waals surface area contributed by atoms with Crippen molar-refractivity contribution >= 4 is 46.2 Å². The normalized spacial score (nSPS) is 16.7. The second-order valence-corrected chi connectivity index (χ2v) is 7.32. The van der Waals surface area contributed by atoms with Crippen LogP contribution in [0.5, 0.6) is 0 Å². The molecule has 0 unspecified atom stereocenters. The van der Waals surface area contributed by atoms with Crippen LogP contribution in [0.1, 0.15) is 17.5 Å². The van der Waals surface area contributed by atoms with Crippen molar-refractivity contribution in [1.29, 1.82) is 0 Å². The van der Waals surface area contributed by atoms with Gasteiger partial charge in [-0.3, -0.25) is 4.90 Å². The summed E-state index contributed by atoms with van der Waals surface area (Å²) in [5.41, 5.74) is 1.65. The van der Waals surface area contributed by atoms with Crippen molar-refractivity contribution in [3.05, 3.63) is 87.1 Å². The molecule has 8 heteroatoms. The fraction of sp³-hybridized carbons (Fsp3) is 0.0952. The molecule has 148 valence electrons. The monoisotopic (exact) mass is 434 g/mol. The molecule has 29 heavy (non-hydrogen) atoms. The van der Waals surface area contributed by atoms with E-state index in [4.69, 9.17) is 23.2 Å². The van der Waals surface area contributed by atoms with E-state index in [0.717, 1.165) is 12.2 Å². The molecule has 0 saturated heterocycles. The molecule has 0 fully saturated rings. The smallest absolute Gasteiger partial charge is 0.326 e. The van der Waals surface area contributed by atoms with Crippen molar-refractivity contribution in [2.24, 2.45) is 0 Å². The van der Waals surface area contributed by atoms with Crippen LogP contribution in [0.25, 0.3) is 5.57 Å². The first kappa shape index (κ1) is 19.5. The fourth-order valence-electron chi connectivity index (χ4n) is 3.45. The van der Waals surface area contributed by atoms with Crippen LogP contribution in [-0.2, 0) is 6.54 Å². The van der Waals surface area contributed by atoms with Crippen LogP contribution in [0.3, 0.4) is 0 Å². The molecule has 0 atom stereocenters. The molecular weight excluding hydrogens is 421 g/mol. The van der Waals surface area contributed by atoms with E-state index >= 15 is 0 Å². The quantitative estimate of drug-likeness (QED) is 0.549. The number of halogens is 4. The van der Waals surface area contributed by atoms with Crippen molar-refractivity contribution < 1.29 is 18.7 Å². The molecule has 1 aliphatic heterocycles. The number of benzene rings is 2. The van der Waals surface area contributed by atoms with Gasteiger partial charge < -0.3 is 10.4 Å². The van der Waals surface area contributed by atoms with E-state index in [1.807, 2.05) is 0 Å². The molecule has 0 aromatic heterocycles. The van der Waals surface area contributed by atoms with E-state index in [1.165, 1.54) is 4.90 Å². The molecule has 2 aromatic rings. The number of aliphatic hydroxyl groups excluding tert-OH is 1. The van der Waals surface area contributed by atoms with Gasteiger partial charge in [-0.15, -0.1) is 0 Å². The standard InChI is InChI=1S/C21H14Cl2F2N2O2/c22-15-4-2-5-16(23)20(15)27-18-6-1-3-12(14(18)10-26-21(27)29)13-9-11(28)7-8-17(24)19(13)25/h1-8,28H,9-10H2,(H,26,29). The van der Waals surface area contributed by atoms with Gasteiger partial charge in [-0.25, -0.2) is 13.6 Å². The van der Waals surface area contributed by atoms with Crippen molar-refractivity contribution in [2.45, 2.75) is 13.0 Å². The lowest BCUT2D eigenvalue weighted by Gasteiger charge is -2.32. The Hall–Kier alpha value is -2.83. The molecular formula is C21H14Cl2F2N2O2. The highest BCUT2D eigenvalue weighted by Gasteiger charge is 2.31. The number of carbonyl (C=O) groups excluding carboxylic acids is 1. The lowest BCUT2D eigenvalue weighted by molar-refractivity contribution is 0.247. The molecule has 2 aromatic carbocycles. The second kappa shape index (κ2) is 7.54. The molecule has 1 heterocycles.